The molecular weight excluding hydrogens is 182 g/mol. The Labute approximate surface area is 85.1 Å². The average molecular weight is 201 g/mol. The van der Waals surface area contributed by atoms with E-state index in [1.54, 1.807) is 5.06 Å². The van der Waals surface area contributed by atoms with Crippen molar-refractivity contribution >= 4 is 6.16 Å². The van der Waals surface area contributed by atoms with E-state index in [9.17, 15) is 4.79 Å². The molecule has 1 heterocycles. The van der Waals surface area contributed by atoms with Gasteiger partial charge < -0.3 is 9.57 Å². The zero-order valence-electron chi connectivity index (χ0n) is 9.21. The first kappa shape index (κ1) is 11.3. The molecule has 0 N–H and O–H groups in total. The molecule has 0 aromatic heterocycles. The molecule has 0 unspecified atom stereocenters. The zero-order valence-corrected chi connectivity index (χ0v) is 9.21. The molecule has 1 aliphatic heterocycles. The van der Waals surface area contributed by atoms with Gasteiger partial charge in [-0.3, -0.25) is 0 Å². The maximum Gasteiger partial charge on any atom is 0.528 e. The molecule has 0 bridgehead atoms. The van der Waals surface area contributed by atoms with Crippen LogP contribution in [-0.2, 0) is 9.57 Å². The monoisotopic (exact) mass is 201 g/mol. The van der Waals surface area contributed by atoms with E-state index in [2.05, 4.69) is 0 Å². The highest BCUT2D eigenvalue weighted by atomic mass is 16.8. The summed E-state index contributed by atoms with van der Waals surface area (Å²) in [6.07, 6.45) is 2.37. The van der Waals surface area contributed by atoms with Gasteiger partial charge in [-0.25, -0.2) is 4.79 Å². The third-order valence-electron chi connectivity index (χ3n) is 2.48. The maximum absolute atomic E-state index is 11.3. The third kappa shape index (κ3) is 3.54. The standard InChI is InChI=1S/C10H19NO3/c1-4-10(2,3)13-9(12)14-11-7-5-6-8-11/h4-8H2,1-3H3. The summed E-state index contributed by atoms with van der Waals surface area (Å²) in [7, 11) is 0. The molecule has 0 amide bonds. The number of ether oxygens (including phenoxy) is 1. The van der Waals surface area contributed by atoms with Crippen LogP contribution < -0.4 is 0 Å². The number of hydrogen-bond acceptors (Lipinski definition) is 4. The van der Waals surface area contributed by atoms with Crippen molar-refractivity contribution in [3.8, 4) is 0 Å². The van der Waals surface area contributed by atoms with Crippen LogP contribution in [0.5, 0.6) is 0 Å². The zero-order chi connectivity index (χ0) is 10.6. The van der Waals surface area contributed by atoms with Crippen LogP contribution in [-0.4, -0.2) is 29.9 Å². The van der Waals surface area contributed by atoms with Gasteiger partial charge in [0.05, 0.1) is 0 Å². The second-order valence-corrected chi connectivity index (χ2v) is 4.19. The lowest BCUT2D eigenvalue weighted by atomic mass is 10.1. The van der Waals surface area contributed by atoms with Crippen molar-refractivity contribution in [3.63, 3.8) is 0 Å². The van der Waals surface area contributed by atoms with Crippen LogP contribution in [0.4, 0.5) is 4.79 Å². The number of hydrogen-bond donors (Lipinski definition) is 0. The summed E-state index contributed by atoms with van der Waals surface area (Å²) < 4.78 is 5.15. The molecule has 0 spiro atoms. The SMILES string of the molecule is CCC(C)(C)OC(=O)ON1CCCC1. The van der Waals surface area contributed by atoms with Gasteiger partial charge in [-0.1, -0.05) is 6.92 Å². The Morgan fingerprint density at radius 3 is 2.43 bits per heavy atom. The predicted octanol–water partition coefficient (Wildman–Crippen LogP) is 2.34. The van der Waals surface area contributed by atoms with E-state index in [1.165, 1.54) is 0 Å². The molecule has 0 aliphatic carbocycles. The normalized spacial score (nSPS) is 18.2. The van der Waals surface area contributed by atoms with Crippen molar-refractivity contribution in [2.75, 3.05) is 13.1 Å². The number of carbonyl (C=O) groups is 1. The Hall–Kier alpha value is -0.770. The minimum atomic E-state index is -0.584. The Morgan fingerprint density at radius 1 is 1.36 bits per heavy atom. The number of carbonyl (C=O) groups excluding carboxylic acids is 1. The number of hydroxylamine groups is 2. The minimum absolute atomic E-state index is 0.434. The Morgan fingerprint density at radius 2 is 1.93 bits per heavy atom. The number of nitrogens with zero attached hydrogens (tertiary/aromatic N) is 1. The Bertz CT molecular complexity index is 198. The average Bonchev–Trinajstić information content (AvgIpc) is 2.55. The highest BCUT2D eigenvalue weighted by Gasteiger charge is 2.24. The fourth-order valence-electron chi connectivity index (χ4n) is 1.20. The van der Waals surface area contributed by atoms with Gasteiger partial charge in [0.2, 0.25) is 0 Å². The predicted molar refractivity (Wildman–Crippen MR) is 52.7 cm³/mol. The van der Waals surface area contributed by atoms with E-state index in [4.69, 9.17) is 9.57 Å². The molecule has 1 aliphatic rings. The lowest BCUT2D eigenvalue weighted by Crippen LogP contribution is -2.32. The van der Waals surface area contributed by atoms with E-state index < -0.39 is 11.8 Å². The molecule has 0 radical (unpaired) electrons. The van der Waals surface area contributed by atoms with Crippen molar-refractivity contribution in [1.82, 2.24) is 5.06 Å². The van der Waals surface area contributed by atoms with E-state index >= 15 is 0 Å². The topological polar surface area (TPSA) is 38.8 Å². The number of rotatable bonds is 3. The van der Waals surface area contributed by atoms with Gasteiger partial charge in [0.15, 0.2) is 0 Å². The molecule has 1 saturated heterocycles. The van der Waals surface area contributed by atoms with Gasteiger partial charge in [-0.2, -0.15) is 0 Å². The molecule has 4 heteroatoms. The van der Waals surface area contributed by atoms with E-state index in [0.717, 1.165) is 32.4 Å². The summed E-state index contributed by atoms with van der Waals surface area (Å²) >= 11 is 0. The lowest BCUT2D eigenvalue weighted by Gasteiger charge is -2.24. The molecule has 82 valence electrons. The fraction of sp³-hybridized carbons (Fsp3) is 0.900. The molecule has 14 heavy (non-hydrogen) atoms. The summed E-state index contributed by atoms with van der Waals surface area (Å²) in [6.45, 7) is 7.36. The van der Waals surface area contributed by atoms with Crippen molar-refractivity contribution in [2.24, 2.45) is 0 Å². The van der Waals surface area contributed by atoms with Gasteiger partial charge in [-0.15, -0.1) is 5.06 Å². The van der Waals surface area contributed by atoms with Crippen molar-refractivity contribution in [3.05, 3.63) is 0 Å². The molecule has 0 atom stereocenters. The summed E-state index contributed by atoms with van der Waals surface area (Å²) in [5, 5.41) is 1.66. The minimum Gasteiger partial charge on any atom is -0.427 e. The first-order valence-corrected chi connectivity index (χ1v) is 5.19. The second-order valence-electron chi connectivity index (χ2n) is 4.19. The molecule has 0 saturated carbocycles. The first-order chi connectivity index (χ1) is 6.53. The van der Waals surface area contributed by atoms with Crippen LogP contribution in [0, 0.1) is 0 Å². The summed E-state index contributed by atoms with van der Waals surface area (Å²) in [4.78, 5) is 16.3. The molecule has 0 aromatic rings. The summed E-state index contributed by atoms with van der Waals surface area (Å²) in [5.41, 5.74) is -0.434. The van der Waals surface area contributed by atoms with Gasteiger partial charge in [0.25, 0.3) is 0 Å². The highest BCUT2D eigenvalue weighted by Crippen LogP contribution is 2.16. The quantitative estimate of drug-likeness (QED) is 0.657. The van der Waals surface area contributed by atoms with Crippen LogP contribution in [0.3, 0.4) is 0 Å². The molecule has 0 aromatic carbocycles. The molecule has 1 rings (SSSR count). The Balaban J connectivity index is 2.27. The van der Waals surface area contributed by atoms with Gasteiger partial charge >= 0.3 is 6.16 Å². The molecule has 1 fully saturated rings. The fourth-order valence-corrected chi connectivity index (χ4v) is 1.20. The van der Waals surface area contributed by atoms with Crippen LogP contribution in [0.25, 0.3) is 0 Å². The first-order valence-electron chi connectivity index (χ1n) is 5.19. The van der Waals surface area contributed by atoms with Crippen LogP contribution in [0.2, 0.25) is 0 Å². The van der Waals surface area contributed by atoms with Crippen LogP contribution in [0.15, 0.2) is 0 Å². The molecule has 4 nitrogen and oxygen atoms in total. The van der Waals surface area contributed by atoms with Crippen LogP contribution >= 0.6 is 0 Å². The van der Waals surface area contributed by atoms with Gasteiger partial charge in [0, 0.05) is 13.1 Å². The molecular formula is C10H19NO3. The second kappa shape index (κ2) is 4.64. The van der Waals surface area contributed by atoms with Crippen molar-refractivity contribution in [1.29, 1.82) is 0 Å². The Kier molecular flexibility index (Phi) is 3.75. The van der Waals surface area contributed by atoms with Crippen molar-refractivity contribution < 1.29 is 14.4 Å². The van der Waals surface area contributed by atoms with E-state index in [-0.39, 0.29) is 0 Å². The van der Waals surface area contributed by atoms with E-state index in [1.807, 2.05) is 20.8 Å². The maximum atomic E-state index is 11.3. The lowest BCUT2D eigenvalue weighted by molar-refractivity contribution is -0.132. The van der Waals surface area contributed by atoms with Gasteiger partial charge in [0.1, 0.15) is 5.60 Å². The smallest absolute Gasteiger partial charge is 0.427 e. The third-order valence-corrected chi connectivity index (χ3v) is 2.48. The highest BCUT2D eigenvalue weighted by molar-refractivity contribution is 5.60. The summed E-state index contributed by atoms with van der Waals surface area (Å²) in [6, 6.07) is 0. The van der Waals surface area contributed by atoms with Gasteiger partial charge in [-0.05, 0) is 33.1 Å². The largest absolute Gasteiger partial charge is 0.528 e. The van der Waals surface area contributed by atoms with E-state index in [0.29, 0.717) is 0 Å². The summed E-state index contributed by atoms with van der Waals surface area (Å²) in [5.74, 6) is 0. The van der Waals surface area contributed by atoms with Crippen molar-refractivity contribution in [2.45, 2.75) is 45.6 Å². The van der Waals surface area contributed by atoms with Crippen LogP contribution in [0.1, 0.15) is 40.0 Å².